The van der Waals surface area contributed by atoms with Crippen LogP contribution in [0.2, 0.25) is 0 Å². The number of hydrogen-bond donors (Lipinski definition) is 2. The Morgan fingerprint density at radius 3 is 2.67 bits per heavy atom. The van der Waals surface area contributed by atoms with Gasteiger partial charge in [-0.2, -0.15) is 0 Å². The number of aryl methyl sites for hydroxylation is 2. The molecule has 6 nitrogen and oxygen atoms in total. The van der Waals surface area contributed by atoms with Gasteiger partial charge in [0.1, 0.15) is 5.69 Å². The van der Waals surface area contributed by atoms with E-state index in [2.05, 4.69) is 47.3 Å². The van der Waals surface area contributed by atoms with Crippen molar-refractivity contribution in [2.45, 2.75) is 26.7 Å². The third kappa shape index (κ3) is 3.17. The van der Waals surface area contributed by atoms with Gasteiger partial charge in [-0.25, -0.2) is 9.50 Å². The van der Waals surface area contributed by atoms with Crippen LogP contribution < -0.4 is 5.32 Å². The summed E-state index contributed by atoms with van der Waals surface area (Å²) >= 11 is 1.50. The molecule has 2 N–H and O–H groups in total. The van der Waals surface area contributed by atoms with Crippen molar-refractivity contribution in [2.75, 3.05) is 5.32 Å². The van der Waals surface area contributed by atoms with Crippen LogP contribution in [0.5, 0.6) is 5.75 Å². The van der Waals surface area contributed by atoms with Crippen LogP contribution in [0, 0.1) is 0 Å². The molecule has 0 fully saturated rings. The Labute approximate surface area is 177 Å². The van der Waals surface area contributed by atoms with E-state index in [1.807, 2.05) is 28.9 Å². The minimum Gasteiger partial charge on any atom is -0.505 e. The van der Waals surface area contributed by atoms with Crippen molar-refractivity contribution in [1.29, 1.82) is 0 Å². The first-order chi connectivity index (χ1) is 14.7. The molecule has 0 unspecified atom stereocenters. The summed E-state index contributed by atoms with van der Waals surface area (Å²) in [6.45, 7) is 4.36. The molecule has 4 heterocycles. The molecule has 0 saturated heterocycles. The van der Waals surface area contributed by atoms with Gasteiger partial charge < -0.3 is 10.4 Å². The zero-order valence-electron chi connectivity index (χ0n) is 16.8. The van der Waals surface area contributed by atoms with Crippen molar-refractivity contribution in [3.63, 3.8) is 0 Å². The number of imidazole rings is 1. The summed E-state index contributed by atoms with van der Waals surface area (Å²) in [4.78, 5) is 9.53. The van der Waals surface area contributed by atoms with Gasteiger partial charge in [-0.05, 0) is 54.3 Å². The van der Waals surface area contributed by atoms with Crippen molar-refractivity contribution in [3.05, 3.63) is 66.1 Å². The number of nitrogens with zero attached hydrogens (tertiary/aromatic N) is 4. The lowest BCUT2D eigenvalue weighted by Gasteiger charge is -2.11. The Morgan fingerprint density at radius 1 is 1.00 bits per heavy atom. The van der Waals surface area contributed by atoms with Crippen LogP contribution in [0.15, 0.2) is 55.0 Å². The number of rotatable bonds is 5. The van der Waals surface area contributed by atoms with Gasteiger partial charge in [0.05, 0.1) is 22.0 Å². The van der Waals surface area contributed by atoms with E-state index >= 15 is 0 Å². The lowest BCUT2D eigenvalue weighted by molar-refractivity contribution is 0.480. The summed E-state index contributed by atoms with van der Waals surface area (Å²) in [6, 6.07) is 12.4. The van der Waals surface area contributed by atoms with E-state index in [4.69, 9.17) is 5.10 Å². The van der Waals surface area contributed by atoms with Crippen LogP contribution in [0.25, 0.3) is 26.3 Å². The molecule has 0 amide bonds. The van der Waals surface area contributed by atoms with Gasteiger partial charge in [0.2, 0.25) is 0 Å². The average molecular weight is 416 g/mol. The number of hydrogen-bond acceptors (Lipinski definition) is 6. The molecule has 0 radical (unpaired) electrons. The minimum absolute atomic E-state index is 0.190. The van der Waals surface area contributed by atoms with E-state index in [0.717, 1.165) is 50.7 Å². The predicted molar refractivity (Wildman–Crippen MR) is 122 cm³/mol. The van der Waals surface area contributed by atoms with Crippen LogP contribution in [-0.4, -0.2) is 24.7 Å². The fourth-order valence-electron chi connectivity index (χ4n) is 3.71. The molecule has 0 atom stereocenters. The molecule has 0 aliphatic carbocycles. The van der Waals surface area contributed by atoms with Gasteiger partial charge in [-0.3, -0.25) is 4.98 Å². The minimum atomic E-state index is 0.190. The van der Waals surface area contributed by atoms with Crippen LogP contribution in [0.1, 0.15) is 25.0 Å². The summed E-state index contributed by atoms with van der Waals surface area (Å²) in [5.74, 6) is 0.939. The number of nitrogens with one attached hydrogen (secondary N) is 1. The zero-order chi connectivity index (χ0) is 20.7. The van der Waals surface area contributed by atoms with Crippen molar-refractivity contribution in [3.8, 4) is 16.3 Å². The van der Waals surface area contributed by atoms with Crippen molar-refractivity contribution >= 4 is 38.6 Å². The van der Waals surface area contributed by atoms with E-state index in [0.29, 0.717) is 0 Å². The maximum Gasteiger partial charge on any atom is 0.154 e. The summed E-state index contributed by atoms with van der Waals surface area (Å²) < 4.78 is 2.64. The van der Waals surface area contributed by atoms with Gasteiger partial charge >= 0.3 is 0 Å². The van der Waals surface area contributed by atoms with Gasteiger partial charge in [0.25, 0.3) is 0 Å². The van der Waals surface area contributed by atoms with Crippen molar-refractivity contribution < 1.29 is 5.11 Å². The fraction of sp³-hybridized carbons (Fsp3) is 0.174. The molecule has 7 heteroatoms. The van der Waals surface area contributed by atoms with E-state index in [-0.39, 0.29) is 5.75 Å². The third-order valence-electron chi connectivity index (χ3n) is 5.26. The zero-order valence-corrected chi connectivity index (χ0v) is 17.6. The number of anilines is 2. The number of fused-ring (bicyclic) bond motifs is 2. The quantitative estimate of drug-likeness (QED) is 0.392. The Morgan fingerprint density at radius 2 is 1.87 bits per heavy atom. The molecule has 5 rings (SSSR count). The predicted octanol–water partition coefficient (Wildman–Crippen LogP) is 5.58. The first-order valence-corrected chi connectivity index (χ1v) is 10.8. The molecule has 0 aliphatic rings. The average Bonchev–Trinajstić information content (AvgIpc) is 3.38. The van der Waals surface area contributed by atoms with Gasteiger partial charge in [0.15, 0.2) is 17.2 Å². The highest BCUT2D eigenvalue weighted by Gasteiger charge is 2.13. The highest BCUT2D eigenvalue weighted by atomic mass is 32.1. The van der Waals surface area contributed by atoms with E-state index in [9.17, 15) is 5.11 Å². The number of aromatic nitrogens is 4. The Balaban J connectivity index is 1.54. The van der Waals surface area contributed by atoms with Gasteiger partial charge in [0, 0.05) is 17.3 Å². The van der Waals surface area contributed by atoms with Crippen LogP contribution in [-0.2, 0) is 12.8 Å². The largest absolute Gasteiger partial charge is 0.505 e. The summed E-state index contributed by atoms with van der Waals surface area (Å²) in [5.41, 5.74) is 5.41. The smallest absolute Gasteiger partial charge is 0.154 e. The van der Waals surface area contributed by atoms with Crippen molar-refractivity contribution in [1.82, 2.24) is 19.6 Å². The lowest BCUT2D eigenvalue weighted by atomic mass is 10.0. The number of aromatic hydroxyl groups is 1. The highest BCUT2D eigenvalue weighted by Crippen LogP contribution is 2.37. The Bertz CT molecular complexity index is 1370. The summed E-state index contributed by atoms with van der Waals surface area (Å²) in [5, 5.41) is 19.2. The molecule has 150 valence electrons. The maximum atomic E-state index is 10.1. The molecular weight excluding hydrogens is 394 g/mol. The molecular formula is C23H21N5OS. The molecule has 30 heavy (non-hydrogen) atoms. The molecule has 1 aromatic carbocycles. The summed E-state index contributed by atoms with van der Waals surface area (Å²) in [6.07, 6.45) is 7.07. The fourth-order valence-corrected chi connectivity index (χ4v) is 4.74. The van der Waals surface area contributed by atoms with Gasteiger partial charge in [-0.1, -0.05) is 19.9 Å². The summed E-state index contributed by atoms with van der Waals surface area (Å²) in [7, 11) is 0. The first kappa shape index (κ1) is 18.6. The highest BCUT2D eigenvalue weighted by molar-refractivity contribution is 7.22. The maximum absolute atomic E-state index is 10.1. The molecule has 4 aromatic heterocycles. The Kier molecular flexibility index (Phi) is 4.59. The monoisotopic (exact) mass is 415 g/mol. The van der Waals surface area contributed by atoms with Crippen LogP contribution >= 0.6 is 11.3 Å². The SMILES string of the molecule is CCc1ccc(Nc2ccc3ncc(-c4cc5cncc(O)c5s4)n3n2)cc1CC. The molecule has 0 spiro atoms. The number of thiophene rings is 1. The molecule has 0 aliphatic heterocycles. The molecule has 0 bridgehead atoms. The van der Waals surface area contributed by atoms with Crippen molar-refractivity contribution in [2.24, 2.45) is 0 Å². The second-order valence-electron chi connectivity index (χ2n) is 7.14. The van der Waals surface area contributed by atoms with E-state index in [1.165, 1.54) is 28.7 Å². The topological polar surface area (TPSA) is 75.3 Å². The second kappa shape index (κ2) is 7.42. The Hall–Kier alpha value is -3.45. The van der Waals surface area contributed by atoms with Gasteiger partial charge in [-0.15, -0.1) is 16.4 Å². The van der Waals surface area contributed by atoms with E-state index in [1.54, 1.807) is 6.20 Å². The third-order valence-corrected chi connectivity index (χ3v) is 6.45. The molecule has 0 saturated carbocycles. The number of benzene rings is 1. The van der Waals surface area contributed by atoms with Crippen LogP contribution in [0.3, 0.4) is 0 Å². The second-order valence-corrected chi connectivity index (χ2v) is 8.19. The van der Waals surface area contributed by atoms with Crippen LogP contribution in [0.4, 0.5) is 11.5 Å². The molecule has 5 aromatic rings. The first-order valence-electron chi connectivity index (χ1n) is 9.96. The number of pyridine rings is 1. The lowest BCUT2D eigenvalue weighted by Crippen LogP contribution is -2.01. The normalized spacial score (nSPS) is 11.4. The van der Waals surface area contributed by atoms with E-state index < -0.39 is 0 Å². The standard InChI is InChI=1S/C23H21N5OS/c1-3-14-5-6-17(9-15(14)4-2)26-21-7-8-22-25-12-18(28(22)27-21)20-10-16-11-24-13-19(29)23(16)30-20/h5-13,29H,3-4H2,1-2H3,(H,26,27).